The second kappa shape index (κ2) is 5.83. The Morgan fingerprint density at radius 2 is 2.05 bits per heavy atom. The number of aryl methyl sites for hydroxylation is 1. The van der Waals surface area contributed by atoms with E-state index in [2.05, 4.69) is 56.2 Å². The number of nitrogens with one attached hydrogen (secondary N) is 1. The van der Waals surface area contributed by atoms with E-state index in [1.807, 2.05) is 0 Å². The van der Waals surface area contributed by atoms with Gasteiger partial charge < -0.3 is 15.0 Å². The predicted octanol–water partition coefficient (Wildman–Crippen LogP) is 2.83. The number of benzene rings is 1. The van der Waals surface area contributed by atoms with Crippen LogP contribution in [0.5, 0.6) is 5.75 Å². The van der Waals surface area contributed by atoms with Gasteiger partial charge in [0.2, 0.25) is 0 Å². The summed E-state index contributed by atoms with van der Waals surface area (Å²) in [5.41, 5.74) is 2.64. The molecule has 0 radical (unpaired) electrons. The van der Waals surface area contributed by atoms with Gasteiger partial charge in [0, 0.05) is 24.3 Å². The van der Waals surface area contributed by atoms with Gasteiger partial charge in [0.15, 0.2) is 0 Å². The van der Waals surface area contributed by atoms with Gasteiger partial charge in [0.1, 0.15) is 5.75 Å². The zero-order valence-electron chi connectivity index (χ0n) is 12.7. The molecule has 1 aromatic carbocycles. The van der Waals surface area contributed by atoms with Gasteiger partial charge >= 0.3 is 0 Å². The molecule has 0 bridgehead atoms. The van der Waals surface area contributed by atoms with Gasteiger partial charge in [-0.3, -0.25) is 0 Å². The van der Waals surface area contributed by atoms with E-state index in [0.29, 0.717) is 18.0 Å². The highest BCUT2D eigenvalue weighted by Crippen LogP contribution is 2.32. The lowest BCUT2D eigenvalue weighted by Crippen LogP contribution is -2.53. The third-order valence-corrected chi connectivity index (χ3v) is 4.65. The van der Waals surface area contributed by atoms with Crippen molar-refractivity contribution in [3.05, 3.63) is 23.8 Å². The summed E-state index contributed by atoms with van der Waals surface area (Å²) >= 11 is 0. The summed E-state index contributed by atoms with van der Waals surface area (Å²) in [6, 6.07) is 7.56. The van der Waals surface area contributed by atoms with Crippen LogP contribution in [0.1, 0.15) is 25.8 Å². The van der Waals surface area contributed by atoms with Gasteiger partial charge in [0.25, 0.3) is 0 Å². The number of methoxy groups -OCH3 is 1. The minimum absolute atomic E-state index is 0.554. The largest absolute Gasteiger partial charge is 0.497 e. The highest BCUT2D eigenvalue weighted by atomic mass is 16.5. The summed E-state index contributed by atoms with van der Waals surface area (Å²) < 4.78 is 5.29. The SMILES string of the molecule is CNC1CCN(c2ccc(OC)cc2C)C(C)C1C. The topological polar surface area (TPSA) is 24.5 Å². The molecule has 3 nitrogen and oxygen atoms in total. The highest BCUT2D eigenvalue weighted by Gasteiger charge is 2.32. The minimum Gasteiger partial charge on any atom is -0.497 e. The first kappa shape index (κ1) is 14.2. The van der Waals surface area contributed by atoms with E-state index in [1.165, 1.54) is 17.7 Å². The van der Waals surface area contributed by atoms with Crippen LogP contribution in [0.15, 0.2) is 18.2 Å². The Labute approximate surface area is 116 Å². The van der Waals surface area contributed by atoms with E-state index < -0.39 is 0 Å². The van der Waals surface area contributed by atoms with Crippen LogP contribution < -0.4 is 15.0 Å². The first-order valence-corrected chi connectivity index (χ1v) is 7.17. The summed E-state index contributed by atoms with van der Waals surface area (Å²) in [6.45, 7) is 7.96. The Balaban J connectivity index is 2.23. The molecule has 0 aromatic heterocycles. The van der Waals surface area contributed by atoms with Gasteiger partial charge in [-0.25, -0.2) is 0 Å². The van der Waals surface area contributed by atoms with Crippen molar-refractivity contribution in [2.24, 2.45) is 5.92 Å². The first-order valence-electron chi connectivity index (χ1n) is 7.17. The Morgan fingerprint density at radius 1 is 1.32 bits per heavy atom. The van der Waals surface area contributed by atoms with Gasteiger partial charge in [-0.1, -0.05) is 6.92 Å². The molecule has 2 rings (SSSR count). The number of nitrogens with zero attached hydrogens (tertiary/aromatic N) is 1. The minimum atomic E-state index is 0.554. The van der Waals surface area contributed by atoms with Crippen molar-refractivity contribution in [3.63, 3.8) is 0 Å². The number of hydrogen-bond acceptors (Lipinski definition) is 3. The summed E-state index contributed by atoms with van der Waals surface area (Å²) in [5, 5.41) is 3.44. The summed E-state index contributed by atoms with van der Waals surface area (Å²) in [7, 11) is 3.79. The molecule has 1 aliphatic heterocycles. The molecule has 3 atom stereocenters. The summed E-state index contributed by atoms with van der Waals surface area (Å²) in [5.74, 6) is 1.59. The number of rotatable bonds is 3. The number of hydrogen-bond donors (Lipinski definition) is 1. The van der Waals surface area contributed by atoms with E-state index in [1.54, 1.807) is 7.11 Å². The van der Waals surface area contributed by atoms with Crippen LogP contribution in [-0.2, 0) is 0 Å². The quantitative estimate of drug-likeness (QED) is 0.906. The lowest BCUT2D eigenvalue weighted by molar-refractivity contribution is 0.282. The second-order valence-corrected chi connectivity index (χ2v) is 5.63. The van der Waals surface area contributed by atoms with Gasteiger partial charge in [0.05, 0.1) is 7.11 Å². The molecule has 0 amide bonds. The van der Waals surface area contributed by atoms with Crippen LogP contribution in [0.4, 0.5) is 5.69 Å². The van der Waals surface area contributed by atoms with Crippen molar-refractivity contribution in [1.82, 2.24) is 5.32 Å². The fourth-order valence-corrected chi connectivity index (χ4v) is 3.19. The first-order chi connectivity index (χ1) is 9.08. The van der Waals surface area contributed by atoms with E-state index >= 15 is 0 Å². The molecule has 1 heterocycles. The molecule has 0 spiro atoms. The van der Waals surface area contributed by atoms with Gasteiger partial charge in [-0.15, -0.1) is 0 Å². The van der Waals surface area contributed by atoms with Crippen LogP contribution in [-0.4, -0.2) is 32.8 Å². The number of piperidine rings is 1. The standard InChI is InChI=1S/C16H26N2O/c1-11-10-14(19-5)6-7-16(11)18-9-8-15(17-4)12(2)13(18)3/h6-7,10,12-13,15,17H,8-9H2,1-5H3. The van der Waals surface area contributed by atoms with Crippen molar-refractivity contribution in [3.8, 4) is 5.75 Å². The Morgan fingerprint density at radius 3 is 2.63 bits per heavy atom. The second-order valence-electron chi connectivity index (χ2n) is 5.63. The molecular weight excluding hydrogens is 236 g/mol. The van der Waals surface area contributed by atoms with Crippen molar-refractivity contribution >= 4 is 5.69 Å². The van der Waals surface area contributed by atoms with Crippen LogP contribution >= 0.6 is 0 Å². The molecule has 1 saturated heterocycles. The Kier molecular flexibility index (Phi) is 4.35. The average molecular weight is 262 g/mol. The molecule has 1 aliphatic rings. The van der Waals surface area contributed by atoms with Gasteiger partial charge in [-0.2, -0.15) is 0 Å². The van der Waals surface area contributed by atoms with Gasteiger partial charge in [-0.05, 0) is 57.0 Å². The van der Waals surface area contributed by atoms with Crippen LogP contribution in [0, 0.1) is 12.8 Å². The normalized spacial score (nSPS) is 27.4. The van der Waals surface area contributed by atoms with Crippen molar-refractivity contribution in [2.75, 3.05) is 25.6 Å². The van der Waals surface area contributed by atoms with Crippen LogP contribution in [0.3, 0.4) is 0 Å². The molecule has 106 valence electrons. The lowest BCUT2D eigenvalue weighted by Gasteiger charge is -2.44. The van der Waals surface area contributed by atoms with E-state index in [-0.39, 0.29) is 0 Å². The van der Waals surface area contributed by atoms with Crippen molar-refractivity contribution in [2.45, 2.75) is 39.3 Å². The Hall–Kier alpha value is -1.22. The van der Waals surface area contributed by atoms with Crippen LogP contribution in [0.25, 0.3) is 0 Å². The van der Waals surface area contributed by atoms with E-state index in [9.17, 15) is 0 Å². The molecule has 0 saturated carbocycles. The molecule has 1 N–H and O–H groups in total. The maximum Gasteiger partial charge on any atom is 0.119 e. The molecule has 3 unspecified atom stereocenters. The Bertz CT molecular complexity index is 433. The summed E-state index contributed by atoms with van der Waals surface area (Å²) in [4.78, 5) is 2.54. The predicted molar refractivity (Wildman–Crippen MR) is 81.2 cm³/mol. The highest BCUT2D eigenvalue weighted by molar-refractivity contribution is 5.57. The van der Waals surface area contributed by atoms with Crippen molar-refractivity contribution in [1.29, 1.82) is 0 Å². The third-order valence-electron chi connectivity index (χ3n) is 4.65. The average Bonchev–Trinajstić information content (AvgIpc) is 2.42. The van der Waals surface area contributed by atoms with Crippen LogP contribution in [0.2, 0.25) is 0 Å². The lowest BCUT2D eigenvalue weighted by atomic mass is 9.86. The monoisotopic (exact) mass is 262 g/mol. The van der Waals surface area contributed by atoms with E-state index in [4.69, 9.17) is 4.74 Å². The maximum atomic E-state index is 5.29. The zero-order chi connectivity index (χ0) is 14.0. The maximum absolute atomic E-state index is 5.29. The molecule has 0 aliphatic carbocycles. The number of ether oxygens (including phenoxy) is 1. The zero-order valence-corrected chi connectivity index (χ0v) is 12.7. The molecular formula is C16H26N2O. The molecule has 1 aromatic rings. The van der Waals surface area contributed by atoms with E-state index in [0.717, 1.165) is 12.3 Å². The molecule has 3 heteroatoms. The molecule has 19 heavy (non-hydrogen) atoms. The fraction of sp³-hybridized carbons (Fsp3) is 0.625. The van der Waals surface area contributed by atoms with Crippen molar-refractivity contribution < 1.29 is 4.74 Å². The fourth-order valence-electron chi connectivity index (χ4n) is 3.19. The third kappa shape index (κ3) is 2.71. The number of anilines is 1. The molecule has 1 fully saturated rings. The smallest absolute Gasteiger partial charge is 0.119 e. The summed E-state index contributed by atoms with van der Waals surface area (Å²) in [6.07, 6.45) is 1.20.